The van der Waals surface area contributed by atoms with Crippen molar-refractivity contribution < 1.29 is 13.2 Å². The molecule has 0 aliphatic carbocycles. The fourth-order valence-electron chi connectivity index (χ4n) is 3.43. The van der Waals surface area contributed by atoms with Crippen LogP contribution in [0.15, 0.2) is 42.6 Å². The van der Waals surface area contributed by atoms with Gasteiger partial charge in [-0.2, -0.15) is 0 Å². The number of nitrogens with one attached hydrogen (secondary N) is 1. The van der Waals surface area contributed by atoms with Crippen molar-refractivity contribution in [3.63, 3.8) is 0 Å². The summed E-state index contributed by atoms with van der Waals surface area (Å²) in [7, 11) is -2.98. The van der Waals surface area contributed by atoms with Crippen LogP contribution in [0.5, 0.6) is 0 Å². The van der Waals surface area contributed by atoms with Crippen LogP contribution in [-0.2, 0) is 16.4 Å². The third kappa shape index (κ3) is 4.66. The lowest BCUT2D eigenvalue weighted by atomic mass is 10.1. The molecule has 1 saturated heterocycles. The summed E-state index contributed by atoms with van der Waals surface area (Å²) in [6, 6.07) is 11.3. The molecule has 7 heteroatoms. The Hall–Kier alpha value is -2.41. The van der Waals surface area contributed by atoms with Gasteiger partial charge in [-0.3, -0.25) is 4.79 Å². The highest BCUT2D eigenvalue weighted by atomic mass is 32.2. The van der Waals surface area contributed by atoms with Gasteiger partial charge in [0.15, 0.2) is 9.84 Å². The number of pyridine rings is 1. The Labute approximate surface area is 160 Å². The van der Waals surface area contributed by atoms with Gasteiger partial charge in [0.05, 0.1) is 11.5 Å². The van der Waals surface area contributed by atoms with Crippen molar-refractivity contribution in [3.05, 3.63) is 59.3 Å². The first-order chi connectivity index (χ1) is 12.9. The van der Waals surface area contributed by atoms with Crippen LogP contribution in [0, 0.1) is 6.92 Å². The Bertz CT molecular complexity index is 928. The predicted octanol–water partition coefficient (Wildman–Crippen LogP) is 2.33. The number of hydrogen-bond donors (Lipinski definition) is 1. The predicted molar refractivity (Wildman–Crippen MR) is 107 cm³/mol. The lowest BCUT2D eigenvalue weighted by Crippen LogP contribution is -2.37. The maximum atomic E-state index is 12.6. The number of aryl methyl sites for hydroxylation is 1. The average Bonchev–Trinajstić information content (AvgIpc) is 3.01. The molecule has 1 aromatic carbocycles. The maximum Gasteiger partial charge on any atom is 0.251 e. The van der Waals surface area contributed by atoms with Crippen molar-refractivity contribution in [3.8, 4) is 0 Å². The van der Waals surface area contributed by atoms with Gasteiger partial charge in [0, 0.05) is 30.9 Å². The number of anilines is 1. The lowest BCUT2D eigenvalue weighted by molar-refractivity contribution is 0.0950. The molecule has 1 aromatic heterocycles. The van der Waals surface area contributed by atoms with E-state index in [4.69, 9.17) is 0 Å². The number of carbonyl (C=O) groups is 1. The van der Waals surface area contributed by atoms with E-state index in [9.17, 15) is 13.2 Å². The van der Waals surface area contributed by atoms with E-state index in [1.165, 1.54) is 0 Å². The zero-order valence-corrected chi connectivity index (χ0v) is 16.5. The van der Waals surface area contributed by atoms with Gasteiger partial charge in [0.1, 0.15) is 5.82 Å². The summed E-state index contributed by atoms with van der Waals surface area (Å²) in [6.07, 6.45) is 2.20. The third-order valence-corrected chi connectivity index (χ3v) is 6.74. The molecular weight excluding hydrogens is 362 g/mol. The Morgan fingerprint density at radius 2 is 2.07 bits per heavy atom. The van der Waals surface area contributed by atoms with Gasteiger partial charge in [0.2, 0.25) is 0 Å². The molecule has 0 bridgehead atoms. The normalized spacial score (nSPS) is 18.2. The monoisotopic (exact) mass is 387 g/mol. The van der Waals surface area contributed by atoms with Crippen molar-refractivity contribution in [2.45, 2.75) is 32.9 Å². The van der Waals surface area contributed by atoms with Gasteiger partial charge in [-0.25, -0.2) is 13.4 Å². The number of hydrogen-bond acceptors (Lipinski definition) is 5. The highest BCUT2D eigenvalue weighted by Gasteiger charge is 2.32. The van der Waals surface area contributed by atoms with Crippen molar-refractivity contribution in [2.24, 2.45) is 0 Å². The van der Waals surface area contributed by atoms with E-state index in [-0.39, 0.29) is 23.5 Å². The zero-order valence-electron chi connectivity index (χ0n) is 15.7. The molecule has 0 saturated carbocycles. The number of benzene rings is 1. The summed E-state index contributed by atoms with van der Waals surface area (Å²) in [5.74, 6) is 0.830. The molecular formula is C20H25N3O3S. The van der Waals surface area contributed by atoms with Crippen LogP contribution in [0.25, 0.3) is 0 Å². The minimum atomic E-state index is -2.98. The molecule has 27 heavy (non-hydrogen) atoms. The van der Waals surface area contributed by atoms with E-state index in [0.29, 0.717) is 30.9 Å². The van der Waals surface area contributed by atoms with E-state index in [1.807, 2.05) is 43.0 Å². The van der Waals surface area contributed by atoms with Crippen LogP contribution in [-0.4, -0.2) is 43.4 Å². The Morgan fingerprint density at radius 3 is 2.74 bits per heavy atom. The van der Waals surface area contributed by atoms with Gasteiger partial charge in [0.25, 0.3) is 5.91 Å². The molecule has 2 heterocycles. The topological polar surface area (TPSA) is 79.4 Å². The van der Waals surface area contributed by atoms with E-state index < -0.39 is 9.84 Å². The molecule has 1 unspecified atom stereocenters. The molecule has 1 aliphatic rings. The van der Waals surface area contributed by atoms with Gasteiger partial charge < -0.3 is 10.2 Å². The minimum absolute atomic E-state index is 0.0854. The quantitative estimate of drug-likeness (QED) is 0.823. The number of amides is 1. The Kier molecular flexibility index (Phi) is 5.79. The average molecular weight is 388 g/mol. The molecule has 1 fully saturated rings. The molecule has 1 aliphatic heterocycles. The fourth-order valence-corrected chi connectivity index (χ4v) is 5.16. The largest absolute Gasteiger partial charge is 0.353 e. The van der Waals surface area contributed by atoms with Gasteiger partial charge in [-0.05, 0) is 43.5 Å². The van der Waals surface area contributed by atoms with Crippen LogP contribution < -0.4 is 10.2 Å². The summed E-state index contributed by atoms with van der Waals surface area (Å²) in [6.45, 7) is 5.08. The molecule has 2 aromatic rings. The van der Waals surface area contributed by atoms with Crippen molar-refractivity contribution >= 4 is 21.6 Å². The minimum Gasteiger partial charge on any atom is -0.353 e. The van der Waals surface area contributed by atoms with Crippen LogP contribution in [0.4, 0.5) is 5.82 Å². The molecule has 3 rings (SSSR count). The molecule has 1 N–H and O–H groups in total. The van der Waals surface area contributed by atoms with E-state index in [1.54, 1.807) is 18.3 Å². The van der Waals surface area contributed by atoms with Crippen molar-refractivity contribution in [1.29, 1.82) is 0 Å². The first-order valence-corrected chi connectivity index (χ1v) is 11.0. The number of carbonyl (C=O) groups excluding carboxylic acids is 1. The van der Waals surface area contributed by atoms with Crippen molar-refractivity contribution in [1.82, 2.24) is 10.3 Å². The van der Waals surface area contributed by atoms with Crippen LogP contribution in [0.3, 0.4) is 0 Å². The molecule has 0 radical (unpaired) electrons. The second-order valence-corrected chi connectivity index (χ2v) is 9.08. The standard InChI is InChI=1S/C20H25N3O3S/c1-3-23(18-9-11-27(25,26)14-18)19-12-16(8-10-21-19)20(24)22-13-17-7-5-4-6-15(17)2/h4-8,10,12,18H,3,9,11,13-14H2,1-2H3,(H,22,24). The number of rotatable bonds is 6. The summed E-state index contributed by atoms with van der Waals surface area (Å²) in [5, 5.41) is 2.94. The first-order valence-electron chi connectivity index (χ1n) is 9.15. The molecule has 1 amide bonds. The maximum absolute atomic E-state index is 12.6. The van der Waals surface area contributed by atoms with Crippen LogP contribution in [0.1, 0.15) is 34.8 Å². The smallest absolute Gasteiger partial charge is 0.251 e. The summed E-state index contributed by atoms with van der Waals surface area (Å²) >= 11 is 0. The van der Waals surface area contributed by atoms with Crippen LogP contribution >= 0.6 is 0 Å². The van der Waals surface area contributed by atoms with Gasteiger partial charge in [-0.1, -0.05) is 24.3 Å². The fraction of sp³-hybridized carbons (Fsp3) is 0.400. The molecule has 144 valence electrons. The third-order valence-electron chi connectivity index (χ3n) is 4.99. The number of aromatic nitrogens is 1. The van der Waals surface area contributed by atoms with Gasteiger partial charge >= 0.3 is 0 Å². The zero-order chi connectivity index (χ0) is 19.4. The highest BCUT2D eigenvalue weighted by molar-refractivity contribution is 7.91. The summed E-state index contributed by atoms with van der Waals surface area (Å²) < 4.78 is 23.6. The second-order valence-electron chi connectivity index (χ2n) is 6.85. The van der Waals surface area contributed by atoms with E-state index in [2.05, 4.69) is 10.3 Å². The molecule has 6 nitrogen and oxygen atoms in total. The first kappa shape index (κ1) is 19.4. The van der Waals surface area contributed by atoms with E-state index in [0.717, 1.165) is 11.1 Å². The summed E-state index contributed by atoms with van der Waals surface area (Å²) in [5.41, 5.74) is 2.73. The Morgan fingerprint density at radius 1 is 1.30 bits per heavy atom. The number of sulfone groups is 1. The summed E-state index contributed by atoms with van der Waals surface area (Å²) in [4.78, 5) is 18.9. The van der Waals surface area contributed by atoms with Gasteiger partial charge in [-0.15, -0.1) is 0 Å². The number of nitrogens with zero attached hydrogens (tertiary/aromatic N) is 2. The van der Waals surface area contributed by atoms with E-state index >= 15 is 0 Å². The Balaban J connectivity index is 1.72. The highest BCUT2D eigenvalue weighted by Crippen LogP contribution is 2.23. The SMILES string of the molecule is CCN(c1cc(C(=O)NCc2ccccc2C)ccn1)C1CCS(=O)(=O)C1. The lowest BCUT2D eigenvalue weighted by Gasteiger charge is -2.28. The second kappa shape index (κ2) is 8.08. The molecule has 0 spiro atoms. The molecule has 1 atom stereocenters. The van der Waals surface area contributed by atoms with Crippen LogP contribution in [0.2, 0.25) is 0 Å². The van der Waals surface area contributed by atoms with Crippen molar-refractivity contribution in [2.75, 3.05) is 23.0 Å².